The van der Waals surface area contributed by atoms with Gasteiger partial charge in [0.25, 0.3) is 0 Å². The van der Waals surface area contributed by atoms with Crippen LogP contribution in [0.4, 0.5) is 0 Å². The third-order valence-corrected chi connectivity index (χ3v) is 5.89. The number of rotatable bonds is 7. The Labute approximate surface area is 149 Å². The van der Waals surface area contributed by atoms with Crippen molar-refractivity contribution in [3.8, 4) is 0 Å². The molecule has 0 amide bonds. The first-order valence-corrected chi connectivity index (χ1v) is 9.57. The highest BCUT2D eigenvalue weighted by Gasteiger charge is 2.26. The first-order chi connectivity index (χ1) is 11.9. The molecule has 0 saturated heterocycles. The van der Waals surface area contributed by atoms with Gasteiger partial charge in [-0.05, 0) is 42.7 Å². The van der Waals surface area contributed by atoms with Crippen LogP contribution in [0.5, 0.6) is 0 Å². The second-order valence-electron chi connectivity index (χ2n) is 5.80. The van der Waals surface area contributed by atoms with Gasteiger partial charge >= 0.3 is 5.97 Å². The average Bonchev–Trinajstić information content (AvgIpc) is 2.61. The molecule has 5 nitrogen and oxygen atoms in total. The number of carbonyl (C=O) groups is 1. The highest BCUT2D eigenvalue weighted by Crippen LogP contribution is 2.23. The largest absolute Gasteiger partial charge is 0.465 e. The molecule has 0 radical (unpaired) electrons. The maximum atomic E-state index is 13.1. The maximum Gasteiger partial charge on any atom is 0.337 e. The molecule has 0 fully saturated rings. The van der Waals surface area contributed by atoms with Gasteiger partial charge in [0.05, 0.1) is 17.6 Å². The third-order valence-electron chi connectivity index (χ3n) is 3.89. The molecule has 0 heterocycles. The average molecular weight is 361 g/mol. The Morgan fingerprint density at radius 3 is 2.36 bits per heavy atom. The summed E-state index contributed by atoms with van der Waals surface area (Å²) in [5.74, 6) is -0.484. The van der Waals surface area contributed by atoms with Gasteiger partial charge in [-0.3, -0.25) is 0 Å². The van der Waals surface area contributed by atoms with Gasteiger partial charge in [-0.25, -0.2) is 13.2 Å². The SMILES string of the molecule is CCCN(Cc1ccccc1)S(=O)(=O)c1ccc(C(=O)OC)cc1C. The minimum Gasteiger partial charge on any atom is -0.465 e. The van der Waals surface area contributed by atoms with Gasteiger partial charge in [0.2, 0.25) is 10.0 Å². The molecule has 0 spiro atoms. The standard InChI is InChI=1S/C19H23NO4S/c1-4-12-20(14-16-8-6-5-7-9-16)25(22,23)18-11-10-17(13-15(18)2)19(21)24-3/h5-11,13H,4,12,14H2,1-3H3. The van der Waals surface area contributed by atoms with E-state index in [1.807, 2.05) is 37.3 Å². The number of hydrogen-bond donors (Lipinski definition) is 0. The summed E-state index contributed by atoms with van der Waals surface area (Å²) in [6, 6.07) is 14.0. The van der Waals surface area contributed by atoms with Crippen molar-refractivity contribution in [2.45, 2.75) is 31.7 Å². The van der Waals surface area contributed by atoms with Crippen molar-refractivity contribution < 1.29 is 17.9 Å². The molecule has 2 rings (SSSR count). The fourth-order valence-electron chi connectivity index (χ4n) is 2.64. The molecule has 2 aromatic carbocycles. The van der Waals surface area contributed by atoms with Crippen LogP contribution in [-0.2, 0) is 21.3 Å². The molecule has 6 heteroatoms. The molecule has 134 valence electrons. The number of nitrogens with zero attached hydrogens (tertiary/aromatic N) is 1. The third kappa shape index (κ3) is 4.46. The molecule has 0 aromatic heterocycles. The number of benzene rings is 2. The molecule has 25 heavy (non-hydrogen) atoms. The Morgan fingerprint density at radius 2 is 1.80 bits per heavy atom. The first-order valence-electron chi connectivity index (χ1n) is 8.13. The normalized spacial score (nSPS) is 11.5. The van der Waals surface area contributed by atoms with Crippen LogP contribution in [0.1, 0.15) is 34.8 Å². The van der Waals surface area contributed by atoms with E-state index in [1.165, 1.54) is 23.5 Å². The minimum atomic E-state index is -3.66. The second kappa shape index (κ2) is 8.27. The van der Waals surface area contributed by atoms with Crippen molar-refractivity contribution in [3.05, 3.63) is 65.2 Å². The molecular formula is C19H23NO4S. The van der Waals surface area contributed by atoms with Crippen LogP contribution in [0.15, 0.2) is 53.4 Å². The second-order valence-corrected chi connectivity index (χ2v) is 7.70. The summed E-state index contributed by atoms with van der Waals surface area (Å²) in [6.07, 6.45) is 0.714. The van der Waals surface area contributed by atoms with Crippen molar-refractivity contribution in [1.29, 1.82) is 0 Å². The Morgan fingerprint density at radius 1 is 1.12 bits per heavy atom. The van der Waals surface area contributed by atoms with Gasteiger partial charge in [0.1, 0.15) is 0 Å². The molecule has 0 bridgehead atoms. The molecule has 0 aliphatic rings. The maximum absolute atomic E-state index is 13.1. The van der Waals surface area contributed by atoms with E-state index in [9.17, 15) is 13.2 Å². The van der Waals surface area contributed by atoms with Crippen LogP contribution in [0.3, 0.4) is 0 Å². The van der Waals surface area contributed by atoms with Crippen LogP contribution < -0.4 is 0 Å². The van der Waals surface area contributed by atoms with E-state index < -0.39 is 16.0 Å². The van der Waals surface area contributed by atoms with Crippen LogP contribution in [0, 0.1) is 6.92 Å². The molecular weight excluding hydrogens is 338 g/mol. The Hall–Kier alpha value is -2.18. The van der Waals surface area contributed by atoms with Crippen molar-refractivity contribution >= 4 is 16.0 Å². The Balaban J connectivity index is 2.38. The lowest BCUT2D eigenvalue weighted by Crippen LogP contribution is -2.32. The van der Waals surface area contributed by atoms with Crippen molar-refractivity contribution in [1.82, 2.24) is 4.31 Å². The summed E-state index contributed by atoms with van der Waals surface area (Å²) in [6.45, 7) is 4.37. The van der Waals surface area contributed by atoms with E-state index in [0.29, 0.717) is 30.6 Å². The zero-order valence-corrected chi connectivity index (χ0v) is 15.5. The summed E-state index contributed by atoms with van der Waals surface area (Å²) in [5.41, 5.74) is 1.80. The van der Waals surface area contributed by atoms with E-state index in [1.54, 1.807) is 13.0 Å². The van der Waals surface area contributed by atoms with E-state index in [4.69, 9.17) is 0 Å². The van der Waals surface area contributed by atoms with Gasteiger partial charge in [-0.2, -0.15) is 4.31 Å². The van der Waals surface area contributed by atoms with Crippen LogP contribution in [0.2, 0.25) is 0 Å². The quantitative estimate of drug-likeness (QED) is 0.709. The van der Waals surface area contributed by atoms with Gasteiger partial charge < -0.3 is 4.74 Å². The fourth-order valence-corrected chi connectivity index (χ4v) is 4.37. The predicted molar refractivity (Wildman–Crippen MR) is 96.8 cm³/mol. The summed E-state index contributed by atoms with van der Waals surface area (Å²) in [7, 11) is -2.36. The van der Waals surface area contributed by atoms with Gasteiger partial charge in [0, 0.05) is 13.1 Å². The highest BCUT2D eigenvalue weighted by molar-refractivity contribution is 7.89. The topological polar surface area (TPSA) is 63.7 Å². The van der Waals surface area contributed by atoms with Crippen molar-refractivity contribution in [2.24, 2.45) is 0 Å². The molecule has 0 aliphatic heterocycles. The number of sulfonamides is 1. The summed E-state index contributed by atoms with van der Waals surface area (Å²) < 4.78 is 32.4. The lowest BCUT2D eigenvalue weighted by atomic mass is 10.1. The minimum absolute atomic E-state index is 0.213. The van der Waals surface area contributed by atoms with Crippen molar-refractivity contribution in [2.75, 3.05) is 13.7 Å². The van der Waals surface area contributed by atoms with E-state index >= 15 is 0 Å². The number of carbonyl (C=O) groups excluding carboxylic acids is 1. The van der Waals surface area contributed by atoms with E-state index in [-0.39, 0.29) is 4.90 Å². The van der Waals surface area contributed by atoms with Gasteiger partial charge in [-0.15, -0.1) is 0 Å². The molecule has 0 unspecified atom stereocenters. The Bertz CT molecular complexity index is 832. The smallest absolute Gasteiger partial charge is 0.337 e. The van der Waals surface area contributed by atoms with Crippen molar-refractivity contribution in [3.63, 3.8) is 0 Å². The lowest BCUT2D eigenvalue weighted by molar-refractivity contribution is 0.0600. The summed E-state index contributed by atoms with van der Waals surface area (Å²) in [5, 5.41) is 0. The molecule has 0 aliphatic carbocycles. The zero-order chi connectivity index (χ0) is 18.4. The number of hydrogen-bond acceptors (Lipinski definition) is 4. The number of aryl methyl sites for hydroxylation is 1. The zero-order valence-electron chi connectivity index (χ0n) is 14.7. The van der Waals surface area contributed by atoms with Crippen LogP contribution in [-0.4, -0.2) is 32.3 Å². The molecule has 0 N–H and O–H groups in total. The highest BCUT2D eigenvalue weighted by atomic mass is 32.2. The van der Waals surface area contributed by atoms with E-state index in [2.05, 4.69) is 4.74 Å². The molecule has 0 atom stereocenters. The predicted octanol–water partition coefficient (Wildman–Crippen LogP) is 3.38. The fraction of sp³-hybridized carbons (Fsp3) is 0.316. The number of methoxy groups -OCH3 is 1. The van der Waals surface area contributed by atoms with Gasteiger partial charge in [-0.1, -0.05) is 37.3 Å². The summed E-state index contributed by atoms with van der Waals surface area (Å²) >= 11 is 0. The number of ether oxygens (including phenoxy) is 1. The number of esters is 1. The first kappa shape index (κ1) is 19.1. The summed E-state index contributed by atoms with van der Waals surface area (Å²) in [4.78, 5) is 11.8. The lowest BCUT2D eigenvalue weighted by Gasteiger charge is -2.23. The van der Waals surface area contributed by atoms with E-state index in [0.717, 1.165) is 5.56 Å². The Kier molecular flexibility index (Phi) is 6.33. The molecule has 2 aromatic rings. The van der Waals surface area contributed by atoms with Gasteiger partial charge in [0.15, 0.2) is 0 Å². The molecule has 0 saturated carbocycles. The van der Waals surface area contributed by atoms with Crippen LogP contribution in [0.25, 0.3) is 0 Å². The monoisotopic (exact) mass is 361 g/mol. The van der Waals surface area contributed by atoms with Crippen LogP contribution >= 0.6 is 0 Å².